The Kier molecular flexibility index (Phi) is 6.83. The molecule has 2 amide bonds. The van der Waals surface area contributed by atoms with Gasteiger partial charge in [-0.25, -0.2) is 4.79 Å². The SMILES string of the molecule is COc1ccc(N2CCN([C@H](CNC(=O)NC(C)(C)C)c3ccc4c(c3)OCO4)CC2)cc1. The number of ether oxygens (including phenoxy) is 3. The summed E-state index contributed by atoms with van der Waals surface area (Å²) in [5, 5.41) is 6.04. The van der Waals surface area contributed by atoms with Gasteiger partial charge in [-0.1, -0.05) is 6.07 Å². The van der Waals surface area contributed by atoms with E-state index in [0.717, 1.165) is 49.0 Å². The Morgan fingerprint density at radius 2 is 1.73 bits per heavy atom. The molecule has 8 heteroatoms. The van der Waals surface area contributed by atoms with Gasteiger partial charge in [0.1, 0.15) is 5.75 Å². The van der Waals surface area contributed by atoms with Gasteiger partial charge in [0.2, 0.25) is 6.79 Å². The lowest BCUT2D eigenvalue weighted by atomic mass is 10.0. The van der Waals surface area contributed by atoms with E-state index in [-0.39, 0.29) is 24.4 Å². The minimum Gasteiger partial charge on any atom is -0.497 e. The molecular weight excluding hydrogens is 420 g/mol. The maximum Gasteiger partial charge on any atom is 0.315 e. The lowest BCUT2D eigenvalue weighted by Crippen LogP contribution is -2.52. The van der Waals surface area contributed by atoms with Crippen molar-refractivity contribution in [1.29, 1.82) is 0 Å². The van der Waals surface area contributed by atoms with Crippen molar-refractivity contribution in [2.45, 2.75) is 32.4 Å². The summed E-state index contributed by atoms with van der Waals surface area (Å²) in [5.74, 6) is 2.38. The van der Waals surface area contributed by atoms with Crippen LogP contribution < -0.4 is 29.7 Å². The molecule has 178 valence electrons. The number of fused-ring (bicyclic) bond motifs is 1. The number of carbonyl (C=O) groups excluding carboxylic acids is 1. The molecule has 4 rings (SSSR count). The van der Waals surface area contributed by atoms with Gasteiger partial charge >= 0.3 is 6.03 Å². The zero-order valence-corrected chi connectivity index (χ0v) is 19.9. The minimum atomic E-state index is -0.289. The fourth-order valence-corrected chi connectivity index (χ4v) is 4.24. The summed E-state index contributed by atoms with van der Waals surface area (Å²) >= 11 is 0. The standard InChI is InChI=1S/C25H34N4O4/c1-25(2,3)27-24(30)26-16-21(18-5-10-22-23(15-18)33-17-32-22)29-13-11-28(12-14-29)19-6-8-20(31-4)9-7-19/h5-10,15,21H,11-14,16-17H2,1-4H3,(H2,26,27,30)/t21-/m1/s1. The minimum absolute atomic E-state index is 0.0308. The zero-order chi connectivity index (χ0) is 23.4. The second-order valence-corrected chi connectivity index (χ2v) is 9.43. The second-order valence-electron chi connectivity index (χ2n) is 9.43. The second kappa shape index (κ2) is 9.79. The number of amides is 2. The fraction of sp³-hybridized carbons (Fsp3) is 0.480. The summed E-state index contributed by atoms with van der Waals surface area (Å²) in [6, 6.07) is 14.1. The summed E-state index contributed by atoms with van der Waals surface area (Å²) in [4.78, 5) is 17.3. The van der Waals surface area contributed by atoms with Crippen molar-refractivity contribution in [2.75, 3.05) is 51.5 Å². The Hall–Kier alpha value is -3.13. The van der Waals surface area contributed by atoms with Gasteiger partial charge in [-0.15, -0.1) is 0 Å². The predicted octanol–water partition coefficient (Wildman–Crippen LogP) is 3.38. The molecule has 2 N–H and O–H groups in total. The Bertz CT molecular complexity index is 950. The molecule has 2 aliphatic heterocycles. The molecular formula is C25H34N4O4. The number of methoxy groups -OCH3 is 1. The number of hydrogen-bond donors (Lipinski definition) is 2. The lowest BCUT2D eigenvalue weighted by Gasteiger charge is -2.40. The van der Waals surface area contributed by atoms with Crippen LogP contribution in [-0.2, 0) is 0 Å². The van der Waals surface area contributed by atoms with E-state index >= 15 is 0 Å². The molecule has 1 atom stereocenters. The number of anilines is 1. The molecule has 0 bridgehead atoms. The van der Waals surface area contributed by atoms with E-state index < -0.39 is 0 Å². The number of nitrogens with one attached hydrogen (secondary N) is 2. The third-order valence-corrected chi connectivity index (χ3v) is 5.92. The first kappa shape index (κ1) is 23.0. The van der Waals surface area contributed by atoms with Gasteiger partial charge in [0.05, 0.1) is 13.2 Å². The lowest BCUT2D eigenvalue weighted by molar-refractivity contribution is 0.172. The molecule has 2 heterocycles. The molecule has 1 saturated heterocycles. The van der Waals surface area contributed by atoms with E-state index in [0.29, 0.717) is 6.54 Å². The summed E-state index contributed by atoms with van der Waals surface area (Å²) < 4.78 is 16.4. The Morgan fingerprint density at radius 3 is 2.39 bits per heavy atom. The molecule has 8 nitrogen and oxygen atoms in total. The highest BCUT2D eigenvalue weighted by atomic mass is 16.7. The first-order chi connectivity index (χ1) is 15.8. The molecule has 0 saturated carbocycles. The molecule has 0 aromatic heterocycles. The van der Waals surface area contributed by atoms with Crippen LogP contribution in [-0.4, -0.2) is 63.1 Å². The van der Waals surface area contributed by atoms with Crippen LogP contribution in [0.15, 0.2) is 42.5 Å². The third-order valence-electron chi connectivity index (χ3n) is 5.92. The number of carbonyl (C=O) groups is 1. The molecule has 0 spiro atoms. The van der Waals surface area contributed by atoms with Crippen molar-refractivity contribution in [1.82, 2.24) is 15.5 Å². The number of urea groups is 1. The van der Waals surface area contributed by atoms with Crippen molar-refractivity contribution in [2.24, 2.45) is 0 Å². The van der Waals surface area contributed by atoms with Crippen LogP contribution in [0, 0.1) is 0 Å². The summed E-state index contributed by atoms with van der Waals surface area (Å²) in [7, 11) is 1.68. The number of benzene rings is 2. The molecule has 0 unspecified atom stereocenters. The van der Waals surface area contributed by atoms with Crippen LogP contribution in [0.3, 0.4) is 0 Å². The molecule has 1 fully saturated rings. The molecule has 2 aromatic carbocycles. The van der Waals surface area contributed by atoms with Crippen molar-refractivity contribution in [3.05, 3.63) is 48.0 Å². The van der Waals surface area contributed by atoms with Gasteiger partial charge in [0, 0.05) is 44.0 Å². The highest BCUT2D eigenvalue weighted by Crippen LogP contribution is 2.36. The number of rotatable bonds is 6. The molecule has 0 aliphatic carbocycles. The van der Waals surface area contributed by atoms with Crippen molar-refractivity contribution in [3.8, 4) is 17.2 Å². The van der Waals surface area contributed by atoms with Crippen LogP contribution in [0.4, 0.5) is 10.5 Å². The van der Waals surface area contributed by atoms with Crippen molar-refractivity contribution >= 4 is 11.7 Å². The average Bonchev–Trinajstić information content (AvgIpc) is 3.27. The maximum atomic E-state index is 12.4. The van der Waals surface area contributed by atoms with Crippen LogP contribution in [0.25, 0.3) is 0 Å². The van der Waals surface area contributed by atoms with E-state index in [1.54, 1.807) is 7.11 Å². The molecule has 2 aliphatic rings. The number of hydrogen-bond acceptors (Lipinski definition) is 6. The fourth-order valence-electron chi connectivity index (χ4n) is 4.24. The largest absolute Gasteiger partial charge is 0.497 e. The van der Waals surface area contributed by atoms with Gasteiger partial charge in [0.25, 0.3) is 0 Å². The summed E-state index contributed by atoms with van der Waals surface area (Å²) in [6.45, 7) is 10.2. The highest BCUT2D eigenvalue weighted by Gasteiger charge is 2.28. The van der Waals surface area contributed by atoms with E-state index in [9.17, 15) is 4.79 Å². The number of piperazine rings is 1. The van der Waals surface area contributed by atoms with Crippen LogP contribution in [0.1, 0.15) is 32.4 Å². The first-order valence-corrected chi connectivity index (χ1v) is 11.4. The average molecular weight is 455 g/mol. The first-order valence-electron chi connectivity index (χ1n) is 11.4. The Balaban J connectivity index is 1.45. The Morgan fingerprint density at radius 1 is 1.03 bits per heavy atom. The van der Waals surface area contributed by atoms with Gasteiger partial charge < -0.3 is 29.7 Å². The van der Waals surface area contributed by atoms with E-state index in [2.05, 4.69) is 38.6 Å². The molecule has 0 radical (unpaired) electrons. The van der Waals surface area contributed by atoms with Crippen molar-refractivity contribution in [3.63, 3.8) is 0 Å². The normalized spacial score (nSPS) is 16.9. The van der Waals surface area contributed by atoms with Crippen LogP contribution in [0.2, 0.25) is 0 Å². The van der Waals surface area contributed by atoms with Gasteiger partial charge in [-0.05, 0) is 62.7 Å². The topological polar surface area (TPSA) is 75.3 Å². The zero-order valence-electron chi connectivity index (χ0n) is 19.9. The van der Waals surface area contributed by atoms with Crippen molar-refractivity contribution < 1.29 is 19.0 Å². The quantitative estimate of drug-likeness (QED) is 0.697. The maximum absolute atomic E-state index is 12.4. The monoisotopic (exact) mass is 454 g/mol. The van der Waals surface area contributed by atoms with E-state index in [1.807, 2.05) is 45.0 Å². The van der Waals surface area contributed by atoms with Crippen LogP contribution >= 0.6 is 0 Å². The smallest absolute Gasteiger partial charge is 0.315 e. The molecule has 2 aromatic rings. The third kappa shape index (κ3) is 5.82. The van der Waals surface area contributed by atoms with E-state index in [4.69, 9.17) is 14.2 Å². The number of nitrogens with zero attached hydrogens (tertiary/aromatic N) is 2. The van der Waals surface area contributed by atoms with E-state index in [1.165, 1.54) is 5.69 Å². The Labute approximate surface area is 195 Å². The highest BCUT2D eigenvalue weighted by molar-refractivity contribution is 5.74. The van der Waals surface area contributed by atoms with Gasteiger partial charge in [-0.3, -0.25) is 4.90 Å². The summed E-state index contributed by atoms with van der Waals surface area (Å²) in [5.41, 5.74) is 2.01. The summed E-state index contributed by atoms with van der Waals surface area (Å²) in [6.07, 6.45) is 0. The predicted molar refractivity (Wildman–Crippen MR) is 128 cm³/mol. The van der Waals surface area contributed by atoms with Gasteiger partial charge in [-0.2, -0.15) is 0 Å². The van der Waals surface area contributed by atoms with Gasteiger partial charge in [0.15, 0.2) is 11.5 Å². The van der Waals surface area contributed by atoms with Crippen LogP contribution in [0.5, 0.6) is 17.2 Å². The molecule has 33 heavy (non-hydrogen) atoms.